The number of likely N-dealkylation sites (N-methyl/N-ethyl adjacent to an activating group) is 1. The molecule has 0 bridgehead atoms. The number of nitrogens with one attached hydrogen (secondary N) is 1. The molecule has 0 spiro atoms. The van der Waals surface area contributed by atoms with Gasteiger partial charge in [-0.05, 0) is 30.8 Å². The van der Waals surface area contributed by atoms with Gasteiger partial charge in [-0.25, -0.2) is 4.58 Å². The number of hydrogen-bond donors (Lipinski definition) is 1. The molecule has 2 aromatic rings. The molecule has 148 valence electrons. The summed E-state index contributed by atoms with van der Waals surface area (Å²) < 4.78 is 40.9. The summed E-state index contributed by atoms with van der Waals surface area (Å²) in [6.07, 6.45) is -1.80. The monoisotopic (exact) mass is 390 g/mol. The van der Waals surface area contributed by atoms with Gasteiger partial charge in [-0.3, -0.25) is 10.4 Å². The van der Waals surface area contributed by atoms with Crippen molar-refractivity contribution < 1.29 is 17.7 Å². The number of halogens is 3. The summed E-state index contributed by atoms with van der Waals surface area (Å²) in [5.41, 5.74) is 0.350. The fourth-order valence-electron chi connectivity index (χ4n) is 3.28. The number of fused-ring (bicyclic) bond motifs is 1. The van der Waals surface area contributed by atoms with Crippen molar-refractivity contribution in [3.8, 4) is 0 Å². The highest BCUT2D eigenvalue weighted by atomic mass is 19.4. The molecule has 0 atom stereocenters. The number of anilines is 1. The zero-order chi connectivity index (χ0) is 20.5. The maximum absolute atomic E-state index is 13.2. The molecular formula is C20H23F3N5+. The van der Waals surface area contributed by atoms with Crippen LogP contribution in [-0.4, -0.2) is 73.3 Å². The Kier molecular flexibility index (Phi) is 5.51. The SMILES string of the molecule is C=[N+](C)/C=C(\C(=N)C(F)(F)F)c1ccc2nccc(N3CCN(C)CC3)c2c1. The molecule has 1 aliphatic heterocycles. The Hall–Kier alpha value is -2.74. The Bertz CT molecular complexity index is 940. The first-order chi connectivity index (χ1) is 13.2. The van der Waals surface area contributed by atoms with Gasteiger partial charge >= 0.3 is 6.18 Å². The Morgan fingerprint density at radius 3 is 2.50 bits per heavy atom. The molecule has 0 unspecified atom stereocenters. The van der Waals surface area contributed by atoms with E-state index in [-0.39, 0.29) is 5.57 Å². The van der Waals surface area contributed by atoms with Crippen LogP contribution < -0.4 is 4.90 Å². The van der Waals surface area contributed by atoms with Crippen LogP contribution in [0.25, 0.3) is 16.5 Å². The Morgan fingerprint density at radius 2 is 1.89 bits per heavy atom. The first kappa shape index (κ1) is 20.0. The van der Waals surface area contributed by atoms with Gasteiger partial charge in [0, 0.05) is 43.4 Å². The minimum absolute atomic E-state index is 0.222. The van der Waals surface area contributed by atoms with E-state index in [9.17, 15) is 13.2 Å². The van der Waals surface area contributed by atoms with E-state index >= 15 is 0 Å². The van der Waals surface area contributed by atoms with Crippen molar-refractivity contribution in [3.05, 3.63) is 42.2 Å². The van der Waals surface area contributed by atoms with Crippen molar-refractivity contribution in [2.45, 2.75) is 6.18 Å². The van der Waals surface area contributed by atoms with Crippen molar-refractivity contribution in [3.63, 3.8) is 0 Å². The normalized spacial score (nSPS) is 16.5. The van der Waals surface area contributed by atoms with Crippen LogP contribution in [-0.2, 0) is 0 Å². The largest absolute Gasteiger partial charge is 0.433 e. The van der Waals surface area contributed by atoms with Crippen LogP contribution >= 0.6 is 0 Å². The van der Waals surface area contributed by atoms with Crippen LogP contribution in [0, 0.1) is 5.41 Å². The number of hydrogen-bond acceptors (Lipinski definition) is 4. The van der Waals surface area contributed by atoms with E-state index < -0.39 is 11.9 Å². The lowest BCUT2D eigenvalue weighted by molar-refractivity contribution is -0.410. The molecule has 1 saturated heterocycles. The van der Waals surface area contributed by atoms with Crippen LogP contribution in [0.4, 0.5) is 18.9 Å². The fraction of sp³-hybridized carbons (Fsp3) is 0.350. The molecular weight excluding hydrogens is 367 g/mol. The third kappa shape index (κ3) is 4.22. The lowest BCUT2D eigenvalue weighted by atomic mass is 9.99. The first-order valence-electron chi connectivity index (χ1n) is 8.90. The lowest BCUT2D eigenvalue weighted by Gasteiger charge is -2.34. The van der Waals surface area contributed by atoms with Crippen LogP contribution in [0.1, 0.15) is 5.56 Å². The van der Waals surface area contributed by atoms with Crippen molar-refractivity contribution in [1.29, 1.82) is 5.41 Å². The van der Waals surface area contributed by atoms with Crippen LogP contribution in [0.5, 0.6) is 0 Å². The Morgan fingerprint density at radius 1 is 1.21 bits per heavy atom. The Balaban J connectivity index is 2.10. The summed E-state index contributed by atoms with van der Waals surface area (Å²) in [5, 5.41) is 8.40. The third-order valence-electron chi connectivity index (χ3n) is 4.78. The molecule has 5 nitrogen and oxygen atoms in total. The molecule has 1 aromatic carbocycles. The van der Waals surface area contributed by atoms with Gasteiger partial charge in [-0.2, -0.15) is 13.2 Å². The second kappa shape index (κ2) is 7.71. The summed E-state index contributed by atoms with van der Waals surface area (Å²) >= 11 is 0. The van der Waals surface area contributed by atoms with Crippen molar-refractivity contribution in [2.75, 3.05) is 45.2 Å². The first-order valence-corrected chi connectivity index (χ1v) is 8.90. The molecule has 0 saturated carbocycles. The van der Waals surface area contributed by atoms with E-state index in [1.807, 2.05) is 6.07 Å². The molecule has 1 aliphatic rings. The number of rotatable bonds is 4. The van der Waals surface area contributed by atoms with Crippen molar-refractivity contribution >= 4 is 34.6 Å². The maximum Gasteiger partial charge on any atom is 0.433 e. The molecule has 0 radical (unpaired) electrons. The number of benzene rings is 1. The third-order valence-corrected chi connectivity index (χ3v) is 4.78. The van der Waals surface area contributed by atoms with Crippen LogP contribution in [0.15, 0.2) is 36.7 Å². The quantitative estimate of drug-likeness (QED) is 0.644. The molecule has 1 N–H and O–H groups in total. The summed E-state index contributed by atoms with van der Waals surface area (Å²) in [4.78, 5) is 8.81. The number of nitrogens with zero attached hydrogens (tertiary/aromatic N) is 4. The zero-order valence-corrected chi connectivity index (χ0v) is 15.9. The smallest absolute Gasteiger partial charge is 0.368 e. The van der Waals surface area contributed by atoms with E-state index in [2.05, 4.69) is 28.5 Å². The number of pyridine rings is 1. The number of alkyl halides is 3. The second-order valence-electron chi connectivity index (χ2n) is 7.02. The summed E-state index contributed by atoms with van der Waals surface area (Å²) in [7, 11) is 3.59. The highest BCUT2D eigenvalue weighted by Crippen LogP contribution is 2.32. The zero-order valence-electron chi connectivity index (χ0n) is 15.9. The van der Waals surface area contributed by atoms with Gasteiger partial charge in [-0.15, -0.1) is 0 Å². The molecule has 28 heavy (non-hydrogen) atoms. The van der Waals surface area contributed by atoms with Gasteiger partial charge in [0.05, 0.1) is 11.1 Å². The van der Waals surface area contributed by atoms with Crippen LogP contribution in [0.2, 0.25) is 0 Å². The molecule has 8 heteroatoms. The van der Waals surface area contributed by atoms with Gasteiger partial charge < -0.3 is 9.80 Å². The van der Waals surface area contributed by atoms with Gasteiger partial charge in [-0.1, -0.05) is 6.07 Å². The highest BCUT2D eigenvalue weighted by Gasteiger charge is 2.38. The highest BCUT2D eigenvalue weighted by molar-refractivity contribution is 6.25. The second-order valence-corrected chi connectivity index (χ2v) is 7.02. The van der Waals surface area contributed by atoms with Crippen LogP contribution in [0.3, 0.4) is 0 Å². The molecule has 0 amide bonds. The summed E-state index contributed by atoms with van der Waals surface area (Å²) in [6.45, 7) is 7.10. The molecule has 1 fully saturated rings. The van der Waals surface area contributed by atoms with Gasteiger partial charge in [0.1, 0.15) is 19.5 Å². The minimum Gasteiger partial charge on any atom is -0.368 e. The molecule has 1 aromatic heterocycles. The van der Waals surface area contributed by atoms with E-state index in [0.29, 0.717) is 11.1 Å². The molecule has 2 heterocycles. The fourth-order valence-corrected chi connectivity index (χ4v) is 3.28. The predicted octanol–water partition coefficient (Wildman–Crippen LogP) is 3.25. The Labute approximate surface area is 161 Å². The number of allylic oxidation sites excluding steroid dienone is 1. The standard InChI is InChI=1S/C20H23F3N5/c1-26(2)13-16(19(24)20(21,22)23)14-4-5-17-15(12-14)18(6-7-25-17)28-10-8-27(3)9-11-28/h4-7,12-13,24H,1,8-11H2,2-3H3/q+1/b16-13-,24-19?. The van der Waals surface area contributed by atoms with Crippen molar-refractivity contribution in [1.82, 2.24) is 9.88 Å². The lowest BCUT2D eigenvalue weighted by Crippen LogP contribution is -2.44. The predicted molar refractivity (Wildman–Crippen MR) is 107 cm³/mol. The van der Waals surface area contributed by atoms with Gasteiger partial charge in [0.15, 0.2) is 6.20 Å². The van der Waals surface area contributed by atoms with Gasteiger partial charge in [0.2, 0.25) is 0 Å². The van der Waals surface area contributed by atoms with E-state index in [4.69, 9.17) is 5.41 Å². The number of aromatic nitrogens is 1. The summed E-state index contributed by atoms with van der Waals surface area (Å²) in [5.74, 6) is 0. The summed E-state index contributed by atoms with van der Waals surface area (Å²) in [6, 6.07) is 6.85. The topological polar surface area (TPSA) is 46.2 Å². The molecule has 0 aliphatic carbocycles. The number of piperazine rings is 1. The van der Waals surface area contributed by atoms with Crippen molar-refractivity contribution in [2.24, 2.45) is 0 Å². The average Bonchev–Trinajstić information content (AvgIpc) is 2.64. The minimum atomic E-state index is -4.74. The van der Waals surface area contributed by atoms with E-state index in [1.54, 1.807) is 24.4 Å². The van der Waals surface area contributed by atoms with E-state index in [1.165, 1.54) is 17.8 Å². The van der Waals surface area contributed by atoms with Gasteiger partial charge in [0.25, 0.3) is 0 Å². The maximum atomic E-state index is 13.2. The van der Waals surface area contributed by atoms with E-state index in [0.717, 1.165) is 37.3 Å². The molecule has 3 rings (SSSR count). The average molecular weight is 390 g/mol.